The first-order valence-corrected chi connectivity index (χ1v) is 10.7. The summed E-state index contributed by atoms with van der Waals surface area (Å²) in [5.41, 5.74) is 1.21. The molecule has 2 amide bonds. The van der Waals surface area contributed by atoms with Crippen LogP contribution in [0.15, 0.2) is 36.4 Å². The summed E-state index contributed by atoms with van der Waals surface area (Å²) in [6, 6.07) is 9.36. The topological polar surface area (TPSA) is 49.4 Å². The third-order valence-electron chi connectivity index (χ3n) is 4.46. The van der Waals surface area contributed by atoms with Gasteiger partial charge in [0.15, 0.2) is 0 Å². The van der Waals surface area contributed by atoms with Gasteiger partial charge in [-0.25, -0.2) is 0 Å². The molecule has 0 bridgehead atoms. The lowest BCUT2D eigenvalue weighted by Gasteiger charge is -2.29. The number of benzene rings is 2. The van der Waals surface area contributed by atoms with E-state index >= 15 is 0 Å². The molecule has 0 saturated carbocycles. The van der Waals surface area contributed by atoms with E-state index in [0.717, 1.165) is 6.42 Å². The Morgan fingerprint density at radius 1 is 1.03 bits per heavy atom. The smallest absolute Gasteiger partial charge is 0.242 e. The van der Waals surface area contributed by atoms with Gasteiger partial charge in [0.25, 0.3) is 0 Å². The highest BCUT2D eigenvalue weighted by Gasteiger charge is 2.27. The number of carbonyl (C=O) groups excluding carboxylic acids is 2. The lowest BCUT2D eigenvalue weighted by Crippen LogP contribution is -2.48. The van der Waals surface area contributed by atoms with E-state index in [4.69, 9.17) is 46.4 Å². The fourth-order valence-corrected chi connectivity index (χ4v) is 3.75. The second-order valence-corrected chi connectivity index (χ2v) is 8.26. The number of halogens is 4. The molecular weight excluding hydrogens is 454 g/mol. The van der Waals surface area contributed by atoms with Crippen molar-refractivity contribution in [3.63, 3.8) is 0 Å². The number of amides is 2. The maximum atomic E-state index is 13.2. The Kier molecular flexibility index (Phi) is 9.09. The molecule has 1 N–H and O–H groups in total. The molecule has 2 aromatic rings. The monoisotopic (exact) mass is 474 g/mol. The molecule has 2 rings (SSSR count). The van der Waals surface area contributed by atoms with Crippen LogP contribution in [0.4, 0.5) is 0 Å². The number of carbonyl (C=O) groups is 2. The Morgan fingerprint density at radius 2 is 1.69 bits per heavy atom. The Balaban J connectivity index is 2.32. The normalized spacial score (nSPS) is 11.8. The molecule has 0 aromatic heterocycles. The molecular formula is C21H22Cl4N2O2. The van der Waals surface area contributed by atoms with E-state index in [1.54, 1.807) is 43.3 Å². The summed E-state index contributed by atoms with van der Waals surface area (Å²) in [5, 5.41) is 4.56. The molecule has 0 radical (unpaired) electrons. The van der Waals surface area contributed by atoms with Crippen molar-refractivity contribution in [1.29, 1.82) is 0 Å². The van der Waals surface area contributed by atoms with Crippen molar-refractivity contribution >= 4 is 58.2 Å². The molecule has 0 aliphatic rings. The summed E-state index contributed by atoms with van der Waals surface area (Å²) in [6.07, 6.45) is 0.812. The van der Waals surface area contributed by atoms with Crippen molar-refractivity contribution in [3.8, 4) is 0 Å². The summed E-state index contributed by atoms with van der Waals surface area (Å²) in [4.78, 5) is 27.2. The average Bonchev–Trinajstić information content (AvgIpc) is 2.67. The zero-order chi connectivity index (χ0) is 21.6. The quantitative estimate of drug-likeness (QED) is 0.525. The SMILES string of the molecule is CCCNC(=O)C(C)N(Cc1c(Cl)cccc1Cl)C(=O)Cc1ccc(Cl)cc1Cl. The fourth-order valence-electron chi connectivity index (χ4n) is 2.76. The average molecular weight is 476 g/mol. The number of hydrogen-bond donors (Lipinski definition) is 1. The van der Waals surface area contributed by atoms with E-state index in [9.17, 15) is 9.59 Å². The minimum Gasteiger partial charge on any atom is -0.354 e. The molecule has 0 fully saturated rings. The number of nitrogens with one attached hydrogen (secondary N) is 1. The molecule has 29 heavy (non-hydrogen) atoms. The van der Waals surface area contributed by atoms with Gasteiger partial charge in [-0.05, 0) is 43.2 Å². The van der Waals surface area contributed by atoms with Crippen LogP contribution >= 0.6 is 46.4 Å². The molecule has 4 nitrogen and oxygen atoms in total. The van der Waals surface area contributed by atoms with Gasteiger partial charge in [-0.2, -0.15) is 0 Å². The first kappa shape index (κ1) is 23.8. The van der Waals surface area contributed by atoms with Gasteiger partial charge < -0.3 is 10.2 Å². The van der Waals surface area contributed by atoms with Gasteiger partial charge in [-0.15, -0.1) is 0 Å². The second-order valence-electron chi connectivity index (χ2n) is 6.60. The highest BCUT2D eigenvalue weighted by atomic mass is 35.5. The molecule has 0 spiro atoms. The van der Waals surface area contributed by atoms with Crippen LogP contribution in [-0.2, 0) is 22.6 Å². The number of hydrogen-bond acceptors (Lipinski definition) is 2. The van der Waals surface area contributed by atoms with E-state index < -0.39 is 6.04 Å². The van der Waals surface area contributed by atoms with Gasteiger partial charge in [0.05, 0.1) is 6.42 Å². The highest BCUT2D eigenvalue weighted by molar-refractivity contribution is 6.36. The Bertz CT molecular complexity index is 869. The van der Waals surface area contributed by atoms with E-state index in [1.807, 2.05) is 6.92 Å². The van der Waals surface area contributed by atoms with Crippen molar-refractivity contribution in [3.05, 3.63) is 67.6 Å². The van der Waals surface area contributed by atoms with Gasteiger partial charge in [0.2, 0.25) is 11.8 Å². The molecule has 0 aliphatic carbocycles. The maximum Gasteiger partial charge on any atom is 0.242 e. The molecule has 0 heterocycles. The van der Waals surface area contributed by atoms with Crippen molar-refractivity contribution in [1.82, 2.24) is 10.2 Å². The van der Waals surface area contributed by atoms with Crippen LogP contribution in [0.1, 0.15) is 31.4 Å². The molecule has 0 saturated heterocycles. The fraction of sp³-hybridized carbons (Fsp3) is 0.333. The third-order valence-corrected chi connectivity index (χ3v) is 5.76. The summed E-state index contributed by atoms with van der Waals surface area (Å²) < 4.78 is 0. The molecule has 1 atom stereocenters. The molecule has 8 heteroatoms. The Labute approximate surface area is 191 Å². The third kappa shape index (κ3) is 6.51. The van der Waals surface area contributed by atoms with Gasteiger partial charge in [0.1, 0.15) is 6.04 Å². The van der Waals surface area contributed by atoms with E-state index in [-0.39, 0.29) is 24.8 Å². The van der Waals surface area contributed by atoms with E-state index in [0.29, 0.717) is 37.8 Å². The Morgan fingerprint density at radius 3 is 2.28 bits per heavy atom. The van der Waals surface area contributed by atoms with Crippen LogP contribution in [-0.4, -0.2) is 29.3 Å². The van der Waals surface area contributed by atoms with Crippen molar-refractivity contribution in [2.45, 2.75) is 39.3 Å². The standard InChI is InChI=1S/C21H22Cl4N2O2/c1-3-9-26-21(29)13(2)27(12-16-17(23)5-4-6-18(16)24)20(28)10-14-7-8-15(22)11-19(14)25/h4-8,11,13H,3,9-10,12H2,1-2H3,(H,26,29). The van der Waals surface area contributed by atoms with Crippen LogP contribution in [0.5, 0.6) is 0 Å². The van der Waals surface area contributed by atoms with Gasteiger partial charge in [-0.1, -0.05) is 65.5 Å². The molecule has 1 unspecified atom stereocenters. The summed E-state index contributed by atoms with van der Waals surface area (Å²) in [7, 11) is 0. The molecule has 2 aromatic carbocycles. The molecule has 0 aliphatic heterocycles. The predicted octanol–water partition coefficient (Wildman–Crippen LogP) is 5.79. The lowest BCUT2D eigenvalue weighted by molar-refractivity contribution is -0.140. The van der Waals surface area contributed by atoms with Crippen molar-refractivity contribution in [2.75, 3.05) is 6.54 Å². The first-order chi connectivity index (χ1) is 13.7. The lowest BCUT2D eigenvalue weighted by atomic mass is 10.1. The maximum absolute atomic E-state index is 13.2. The van der Waals surface area contributed by atoms with Crippen LogP contribution in [0.25, 0.3) is 0 Å². The number of rotatable bonds is 8. The zero-order valence-electron chi connectivity index (χ0n) is 16.1. The molecule has 156 valence electrons. The summed E-state index contributed by atoms with van der Waals surface area (Å²) in [6.45, 7) is 4.27. The Hall–Kier alpha value is -1.46. The summed E-state index contributed by atoms with van der Waals surface area (Å²) >= 11 is 24.7. The van der Waals surface area contributed by atoms with Crippen LogP contribution in [0, 0.1) is 0 Å². The largest absolute Gasteiger partial charge is 0.354 e. The van der Waals surface area contributed by atoms with Gasteiger partial charge in [-0.3, -0.25) is 9.59 Å². The minimum absolute atomic E-state index is 0.0173. The first-order valence-electron chi connectivity index (χ1n) is 9.18. The van der Waals surface area contributed by atoms with Gasteiger partial charge >= 0.3 is 0 Å². The van der Waals surface area contributed by atoms with Crippen molar-refractivity contribution < 1.29 is 9.59 Å². The van der Waals surface area contributed by atoms with Gasteiger partial charge in [0, 0.05) is 38.7 Å². The second kappa shape index (κ2) is 11.1. The highest BCUT2D eigenvalue weighted by Crippen LogP contribution is 2.27. The minimum atomic E-state index is -0.715. The summed E-state index contributed by atoms with van der Waals surface area (Å²) in [5.74, 6) is -0.519. The van der Waals surface area contributed by atoms with E-state index in [1.165, 1.54) is 4.90 Å². The van der Waals surface area contributed by atoms with Crippen LogP contribution in [0.3, 0.4) is 0 Å². The van der Waals surface area contributed by atoms with Crippen LogP contribution in [0.2, 0.25) is 20.1 Å². The van der Waals surface area contributed by atoms with E-state index in [2.05, 4.69) is 5.32 Å². The zero-order valence-corrected chi connectivity index (χ0v) is 19.2. The number of nitrogens with zero attached hydrogens (tertiary/aromatic N) is 1. The van der Waals surface area contributed by atoms with Crippen molar-refractivity contribution in [2.24, 2.45) is 0 Å². The predicted molar refractivity (Wildman–Crippen MR) is 120 cm³/mol. The van der Waals surface area contributed by atoms with Crippen LogP contribution < -0.4 is 5.32 Å².